The molecule has 0 spiro atoms. The lowest BCUT2D eigenvalue weighted by molar-refractivity contribution is -0.121. The summed E-state index contributed by atoms with van der Waals surface area (Å²) in [6.45, 7) is 2.08. The molecule has 1 N–H and O–H groups in total. The minimum atomic E-state index is 0.155. The zero-order valence-corrected chi connectivity index (χ0v) is 13.1. The Bertz CT molecular complexity index is 645. The van der Waals surface area contributed by atoms with Crippen LogP contribution in [0.5, 0.6) is 0 Å². The molecule has 0 fully saturated rings. The zero-order chi connectivity index (χ0) is 15.4. The average molecular weight is 293 g/mol. The lowest BCUT2D eigenvalue weighted by Crippen LogP contribution is -2.31. The van der Waals surface area contributed by atoms with E-state index in [1.54, 1.807) is 0 Å². The Morgan fingerprint density at radius 1 is 1.14 bits per heavy atom. The molecular formula is C20H23NO. The van der Waals surface area contributed by atoms with Crippen molar-refractivity contribution in [2.75, 3.05) is 0 Å². The molecule has 0 unspecified atom stereocenters. The first-order valence-electron chi connectivity index (χ1n) is 8.15. The normalized spacial score (nSPS) is 16.9. The summed E-state index contributed by atoms with van der Waals surface area (Å²) in [7, 11) is 0. The van der Waals surface area contributed by atoms with Crippen molar-refractivity contribution in [1.29, 1.82) is 0 Å². The van der Waals surface area contributed by atoms with Crippen molar-refractivity contribution in [2.45, 2.75) is 45.1 Å². The van der Waals surface area contributed by atoms with Gasteiger partial charge in [0.15, 0.2) is 0 Å². The van der Waals surface area contributed by atoms with Gasteiger partial charge in [0, 0.05) is 6.42 Å². The SMILES string of the molecule is Cc1ccc(CCC(=O)N[C@@H]2CCCc3ccccc32)cc1. The van der Waals surface area contributed by atoms with Crippen LogP contribution in [0.4, 0.5) is 0 Å². The number of hydrogen-bond acceptors (Lipinski definition) is 1. The second kappa shape index (κ2) is 6.78. The van der Waals surface area contributed by atoms with E-state index < -0.39 is 0 Å². The van der Waals surface area contributed by atoms with Crippen molar-refractivity contribution in [3.8, 4) is 0 Å². The second-order valence-corrected chi connectivity index (χ2v) is 6.20. The van der Waals surface area contributed by atoms with E-state index in [4.69, 9.17) is 0 Å². The summed E-state index contributed by atoms with van der Waals surface area (Å²) in [6.07, 6.45) is 4.70. The largest absolute Gasteiger partial charge is 0.349 e. The molecule has 2 aromatic rings. The smallest absolute Gasteiger partial charge is 0.220 e. The van der Waals surface area contributed by atoms with Crippen molar-refractivity contribution >= 4 is 5.91 Å². The van der Waals surface area contributed by atoms with Gasteiger partial charge in [0.25, 0.3) is 0 Å². The fraction of sp³-hybridized carbons (Fsp3) is 0.350. The highest BCUT2D eigenvalue weighted by Gasteiger charge is 2.20. The summed E-state index contributed by atoms with van der Waals surface area (Å²) in [5, 5.41) is 3.22. The average Bonchev–Trinajstić information content (AvgIpc) is 2.55. The third-order valence-electron chi connectivity index (χ3n) is 4.47. The number of nitrogens with one attached hydrogen (secondary N) is 1. The minimum absolute atomic E-state index is 0.155. The first kappa shape index (κ1) is 14.8. The topological polar surface area (TPSA) is 29.1 Å². The number of aryl methyl sites for hydroxylation is 3. The lowest BCUT2D eigenvalue weighted by Gasteiger charge is -2.26. The van der Waals surface area contributed by atoms with E-state index >= 15 is 0 Å². The van der Waals surface area contributed by atoms with E-state index in [0.29, 0.717) is 6.42 Å². The molecule has 0 aromatic heterocycles. The maximum Gasteiger partial charge on any atom is 0.220 e. The van der Waals surface area contributed by atoms with Gasteiger partial charge in [-0.1, -0.05) is 54.1 Å². The Morgan fingerprint density at radius 3 is 2.73 bits per heavy atom. The summed E-state index contributed by atoms with van der Waals surface area (Å²) < 4.78 is 0. The van der Waals surface area contributed by atoms with Crippen LogP contribution >= 0.6 is 0 Å². The minimum Gasteiger partial charge on any atom is -0.349 e. The van der Waals surface area contributed by atoms with Crippen LogP contribution in [0.2, 0.25) is 0 Å². The number of hydrogen-bond donors (Lipinski definition) is 1. The second-order valence-electron chi connectivity index (χ2n) is 6.20. The molecule has 0 radical (unpaired) electrons. The standard InChI is InChI=1S/C20H23NO/c1-15-9-11-16(12-10-15)13-14-20(22)21-19-8-4-6-17-5-2-3-7-18(17)19/h2-3,5,7,9-12,19H,4,6,8,13-14H2,1H3,(H,21,22)/t19-/m1/s1. The molecule has 1 atom stereocenters. The van der Waals surface area contributed by atoms with Gasteiger partial charge in [-0.05, 0) is 49.3 Å². The Labute approximate surface area is 132 Å². The summed E-state index contributed by atoms with van der Waals surface area (Å²) in [5.74, 6) is 0.155. The Kier molecular flexibility index (Phi) is 4.57. The van der Waals surface area contributed by atoms with Gasteiger partial charge in [0.2, 0.25) is 5.91 Å². The van der Waals surface area contributed by atoms with Crippen molar-refractivity contribution in [3.05, 3.63) is 70.8 Å². The molecule has 0 bridgehead atoms. The van der Waals surface area contributed by atoms with Gasteiger partial charge in [0.1, 0.15) is 0 Å². The van der Waals surface area contributed by atoms with E-state index in [2.05, 4.69) is 60.8 Å². The van der Waals surface area contributed by atoms with Crippen LogP contribution in [0.1, 0.15) is 47.6 Å². The summed E-state index contributed by atoms with van der Waals surface area (Å²) in [6, 6.07) is 17.1. The molecule has 0 saturated carbocycles. The van der Waals surface area contributed by atoms with Crippen LogP contribution in [0.25, 0.3) is 0 Å². The summed E-state index contributed by atoms with van der Waals surface area (Å²) >= 11 is 0. The number of rotatable bonds is 4. The van der Waals surface area contributed by atoms with Gasteiger partial charge >= 0.3 is 0 Å². The maximum atomic E-state index is 12.3. The van der Waals surface area contributed by atoms with Crippen LogP contribution in [0.15, 0.2) is 48.5 Å². The lowest BCUT2D eigenvalue weighted by atomic mass is 9.87. The van der Waals surface area contributed by atoms with Crippen molar-refractivity contribution in [3.63, 3.8) is 0 Å². The van der Waals surface area contributed by atoms with Crippen LogP contribution in [0.3, 0.4) is 0 Å². The molecule has 114 valence electrons. The predicted molar refractivity (Wildman–Crippen MR) is 89.8 cm³/mol. The van der Waals surface area contributed by atoms with Gasteiger partial charge in [-0.2, -0.15) is 0 Å². The van der Waals surface area contributed by atoms with Crippen LogP contribution in [-0.2, 0) is 17.6 Å². The highest BCUT2D eigenvalue weighted by atomic mass is 16.1. The highest BCUT2D eigenvalue weighted by molar-refractivity contribution is 5.76. The Balaban J connectivity index is 1.57. The molecule has 1 aliphatic rings. The van der Waals surface area contributed by atoms with E-state index in [9.17, 15) is 4.79 Å². The van der Waals surface area contributed by atoms with Crippen molar-refractivity contribution in [1.82, 2.24) is 5.32 Å². The van der Waals surface area contributed by atoms with Gasteiger partial charge in [-0.15, -0.1) is 0 Å². The molecule has 0 heterocycles. The quantitative estimate of drug-likeness (QED) is 0.902. The first-order valence-corrected chi connectivity index (χ1v) is 8.15. The number of fused-ring (bicyclic) bond motifs is 1. The highest BCUT2D eigenvalue weighted by Crippen LogP contribution is 2.29. The fourth-order valence-electron chi connectivity index (χ4n) is 3.18. The fourth-order valence-corrected chi connectivity index (χ4v) is 3.18. The first-order chi connectivity index (χ1) is 10.7. The Hall–Kier alpha value is -2.09. The summed E-state index contributed by atoms with van der Waals surface area (Å²) in [4.78, 5) is 12.3. The van der Waals surface area contributed by atoms with Crippen LogP contribution < -0.4 is 5.32 Å². The number of carbonyl (C=O) groups is 1. The van der Waals surface area contributed by atoms with E-state index in [-0.39, 0.29) is 11.9 Å². The van der Waals surface area contributed by atoms with E-state index in [1.807, 2.05) is 0 Å². The monoisotopic (exact) mass is 293 g/mol. The number of benzene rings is 2. The molecule has 1 aliphatic carbocycles. The number of amides is 1. The zero-order valence-electron chi connectivity index (χ0n) is 13.1. The summed E-state index contributed by atoms with van der Waals surface area (Å²) in [5.41, 5.74) is 5.17. The molecular weight excluding hydrogens is 270 g/mol. The van der Waals surface area contributed by atoms with Crippen LogP contribution in [0, 0.1) is 6.92 Å². The molecule has 2 aromatic carbocycles. The van der Waals surface area contributed by atoms with Gasteiger partial charge in [-0.25, -0.2) is 0 Å². The van der Waals surface area contributed by atoms with E-state index in [0.717, 1.165) is 25.7 Å². The molecule has 1 amide bonds. The van der Waals surface area contributed by atoms with Gasteiger partial charge in [-0.3, -0.25) is 4.79 Å². The third-order valence-corrected chi connectivity index (χ3v) is 4.47. The number of carbonyl (C=O) groups excluding carboxylic acids is 1. The molecule has 0 aliphatic heterocycles. The van der Waals surface area contributed by atoms with Crippen LogP contribution in [-0.4, -0.2) is 5.91 Å². The Morgan fingerprint density at radius 2 is 1.91 bits per heavy atom. The molecule has 0 saturated heterocycles. The predicted octanol–water partition coefficient (Wildman–Crippen LogP) is 4.12. The van der Waals surface area contributed by atoms with Crippen molar-refractivity contribution < 1.29 is 4.79 Å². The third kappa shape index (κ3) is 3.56. The molecule has 2 nitrogen and oxygen atoms in total. The molecule has 22 heavy (non-hydrogen) atoms. The maximum absolute atomic E-state index is 12.3. The van der Waals surface area contributed by atoms with Gasteiger partial charge < -0.3 is 5.32 Å². The van der Waals surface area contributed by atoms with E-state index in [1.165, 1.54) is 22.3 Å². The van der Waals surface area contributed by atoms with Gasteiger partial charge in [0.05, 0.1) is 6.04 Å². The molecule has 2 heteroatoms. The molecule has 3 rings (SSSR count). The van der Waals surface area contributed by atoms with Crippen molar-refractivity contribution in [2.24, 2.45) is 0 Å².